The van der Waals surface area contributed by atoms with Gasteiger partial charge in [0.15, 0.2) is 0 Å². The average molecular weight is 319 g/mol. The zero-order chi connectivity index (χ0) is 16.7. The summed E-state index contributed by atoms with van der Waals surface area (Å²) in [5, 5.41) is 0.755. The van der Waals surface area contributed by atoms with Crippen LogP contribution in [0.3, 0.4) is 0 Å². The molecule has 4 nitrogen and oxygen atoms in total. The van der Waals surface area contributed by atoms with Gasteiger partial charge in [0.1, 0.15) is 11.1 Å². The lowest BCUT2D eigenvalue weighted by molar-refractivity contribution is 0.0673. The van der Waals surface area contributed by atoms with Gasteiger partial charge >= 0.3 is 5.63 Å². The van der Waals surface area contributed by atoms with Crippen LogP contribution in [0.1, 0.15) is 34.5 Å². The molecule has 24 heavy (non-hydrogen) atoms. The van der Waals surface area contributed by atoms with Gasteiger partial charge in [0.05, 0.1) is 6.04 Å². The second kappa shape index (κ2) is 5.64. The molecule has 0 radical (unpaired) electrons. The number of benzene rings is 2. The highest BCUT2D eigenvalue weighted by Crippen LogP contribution is 2.30. The molecule has 4 heteroatoms. The molecular formula is C20H17NO3. The molecule has 0 N–H and O–H groups in total. The van der Waals surface area contributed by atoms with Crippen LogP contribution in [0.15, 0.2) is 63.8 Å². The zero-order valence-electron chi connectivity index (χ0n) is 13.4. The molecule has 1 aromatic heterocycles. The monoisotopic (exact) mass is 319 g/mol. The number of nitrogens with zero attached hydrogens (tertiary/aromatic N) is 1. The zero-order valence-corrected chi connectivity index (χ0v) is 13.4. The lowest BCUT2D eigenvalue weighted by Gasteiger charge is -2.35. The van der Waals surface area contributed by atoms with Gasteiger partial charge in [0, 0.05) is 11.9 Å². The first-order valence-corrected chi connectivity index (χ1v) is 8.07. The normalized spacial score (nSPS) is 16.9. The van der Waals surface area contributed by atoms with Gasteiger partial charge in [-0.3, -0.25) is 4.79 Å². The van der Waals surface area contributed by atoms with Crippen LogP contribution >= 0.6 is 0 Å². The first-order chi connectivity index (χ1) is 11.6. The van der Waals surface area contributed by atoms with Crippen molar-refractivity contribution in [2.24, 2.45) is 0 Å². The van der Waals surface area contributed by atoms with Gasteiger partial charge in [-0.05, 0) is 36.6 Å². The van der Waals surface area contributed by atoms with Crippen LogP contribution in [0.5, 0.6) is 0 Å². The van der Waals surface area contributed by atoms with E-state index >= 15 is 0 Å². The number of hydrogen-bond acceptors (Lipinski definition) is 3. The molecule has 2 heterocycles. The van der Waals surface area contributed by atoms with Crippen molar-refractivity contribution in [2.75, 3.05) is 6.54 Å². The summed E-state index contributed by atoms with van der Waals surface area (Å²) in [4.78, 5) is 27.0. The summed E-state index contributed by atoms with van der Waals surface area (Å²) in [5.74, 6) is -0.267. The van der Waals surface area contributed by atoms with Gasteiger partial charge in [-0.2, -0.15) is 0 Å². The summed E-state index contributed by atoms with van der Waals surface area (Å²) < 4.78 is 5.31. The van der Waals surface area contributed by atoms with E-state index in [0.29, 0.717) is 12.1 Å². The maximum Gasteiger partial charge on any atom is 0.349 e. The molecule has 0 saturated heterocycles. The third-order valence-corrected chi connectivity index (χ3v) is 4.73. The number of hydrogen-bond donors (Lipinski definition) is 0. The van der Waals surface area contributed by atoms with Gasteiger partial charge in [0.25, 0.3) is 5.91 Å². The summed E-state index contributed by atoms with van der Waals surface area (Å²) in [6.45, 7) is 2.60. The van der Waals surface area contributed by atoms with Gasteiger partial charge in [0.2, 0.25) is 0 Å². The van der Waals surface area contributed by atoms with Crippen molar-refractivity contribution in [1.29, 1.82) is 0 Å². The van der Waals surface area contributed by atoms with Gasteiger partial charge in [-0.1, -0.05) is 42.5 Å². The lowest BCUT2D eigenvalue weighted by atomic mass is 9.93. The highest BCUT2D eigenvalue weighted by atomic mass is 16.4. The molecule has 0 saturated carbocycles. The Kier molecular flexibility index (Phi) is 3.45. The van der Waals surface area contributed by atoms with Crippen molar-refractivity contribution < 1.29 is 9.21 Å². The summed E-state index contributed by atoms with van der Waals surface area (Å²) in [6.07, 6.45) is 0.797. The van der Waals surface area contributed by atoms with E-state index < -0.39 is 5.63 Å². The minimum absolute atomic E-state index is 0.0617. The van der Waals surface area contributed by atoms with Crippen molar-refractivity contribution in [3.63, 3.8) is 0 Å². The second-order valence-corrected chi connectivity index (χ2v) is 6.11. The third-order valence-electron chi connectivity index (χ3n) is 4.73. The number of fused-ring (bicyclic) bond motifs is 2. The summed E-state index contributed by atoms with van der Waals surface area (Å²) in [7, 11) is 0. The Balaban J connectivity index is 1.74. The maximum atomic E-state index is 13.0. The van der Waals surface area contributed by atoms with E-state index in [2.05, 4.69) is 6.07 Å². The van der Waals surface area contributed by atoms with E-state index in [1.807, 2.05) is 37.3 Å². The van der Waals surface area contributed by atoms with Crippen LogP contribution < -0.4 is 5.63 Å². The minimum atomic E-state index is -0.579. The van der Waals surface area contributed by atoms with Crippen molar-refractivity contribution in [1.82, 2.24) is 4.90 Å². The Morgan fingerprint density at radius 3 is 2.75 bits per heavy atom. The fourth-order valence-corrected chi connectivity index (χ4v) is 3.42. The van der Waals surface area contributed by atoms with Gasteiger partial charge < -0.3 is 9.32 Å². The Bertz CT molecular complexity index is 989. The molecule has 1 aliphatic heterocycles. The Morgan fingerprint density at radius 2 is 1.88 bits per heavy atom. The van der Waals surface area contributed by atoms with Crippen LogP contribution in [-0.4, -0.2) is 17.4 Å². The topological polar surface area (TPSA) is 50.5 Å². The summed E-state index contributed by atoms with van der Waals surface area (Å²) in [6, 6.07) is 16.9. The predicted octanol–water partition coefficient (Wildman–Crippen LogP) is 3.55. The molecule has 0 spiro atoms. The molecule has 1 atom stereocenters. The average Bonchev–Trinajstić information content (AvgIpc) is 2.61. The Labute approximate surface area is 139 Å². The number of para-hydroxylation sites is 1. The highest BCUT2D eigenvalue weighted by molar-refractivity contribution is 5.97. The Morgan fingerprint density at radius 1 is 1.12 bits per heavy atom. The third kappa shape index (κ3) is 2.31. The number of carbonyl (C=O) groups is 1. The van der Waals surface area contributed by atoms with E-state index in [1.165, 1.54) is 5.56 Å². The number of carbonyl (C=O) groups excluding carboxylic acids is 1. The molecule has 0 bridgehead atoms. The highest BCUT2D eigenvalue weighted by Gasteiger charge is 2.29. The van der Waals surface area contributed by atoms with Crippen LogP contribution in [0.2, 0.25) is 0 Å². The van der Waals surface area contributed by atoms with Crippen molar-refractivity contribution in [3.8, 4) is 0 Å². The van der Waals surface area contributed by atoms with Gasteiger partial charge in [-0.15, -0.1) is 0 Å². The first-order valence-electron chi connectivity index (χ1n) is 8.07. The van der Waals surface area contributed by atoms with Crippen molar-refractivity contribution >= 4 is 16.9 Å². The van der Waals surface area contributed by atoms with Gasteiger partial charge in [-0.25, -0.2) is 4.79 Å². The summed E-state index contributed by atoms with van der Waals surface area (Å²) in [5.41, 5.74) is 2.42. The van der Waals surface area contributed by atoms with Crippen molar-refractivity contribution in [3.05, 3.63) is 81.7 Å². The van der Waals surface area contributed by atoms with Crippen LogP contribution in [-0.2, 0) is 6.42 Å². The lowest BCUT2D eigenvalue weighted by Crippen LogP contribution is -2.40. The largest absolute Gasteiger partial charge is 0.422 e. The molecule has 2 aromatic carbocycles. The van der Waals surface area contributed by atoms with Crippen LogP contribution in [0.25, 0.3) is 11.0 Å². The quantitative estimate of drug-likeness (QED) is 0.645. The minimum Gasteiger partial charge on any atom is -0.422 e. The molecule has 1 aliphatic rings. The molecule has 0 fully saturated rings. The Hall–Kier alpha value is -2.88. The standard InChI is InChI=1S/C20H17NO3/c1-13-16-8-4-2-6-14(16)10-11-21(13)19(22)17-12-15-7-3-5-9-18(15)24-20(17)23/h2-9,12-13H,10-11H2,1H3. The van der Waals surface area contributed by atoms with Crippen LogP contribution in [0, 0.1) is 0 Å². The molecular weight excluding hydrogens is 302 g/mol. The molecule has 1 amide bonds. The van der Waals surface area contributed by atoms with E-state index in [4.69, 9.17) is 4.42 Å². The number of amides is 1. The smallest absolute Gasteiger partial charge is 0.349 e. The van der Waals surface area contributed by atoms with E-state index in [9.17, 15) is 9.59 Å². The SMILES string of the molecule is CC1c2ccccc2CCN1C(=O)c1cc2ccccc2oc1=O. The fourth-order valence-electron chi connectivity index (χ4n) is 3.42. The molecule has 1 unspecified atom stereocenters. The van der Waals surface area contributed by atoms with E-state index in [-0.39, 0.29) is 17.5 Å². The van der Waals surface area contributed by atoms with Crippen molar-refractivity contribution in [2.45, 2.75) is 19.4 Å². The maximum absolute atomic E-state index is 13.0. The predicted molar refractivity (Wildman–Crippen MR) is 92.1 cm³/mol. The molecule has 4 rings (SSSR count). The first kappa shape index (κ1) is 14.7. The van der Waals surface area contributed by atoms with E-state index in [1.54, 1.807) is 23.1 Å². The fraction of sp³-hybridized carbons (Fsp3) is 0.200. The van der Waals surface area contributed by atoms with E-state index in [0.717, 1.165) is 17.4 Å². The molecule has 0 aliphatic carbocycles. The molecule has 120 valence electrons. The second-order valence-electron chi connectivity index (χ2n) is 6.11. The van der Waals surface area contributed by atoms with Crippen LogP contribution in [0.4, 0.5) is 0 Å². The number of rotatable bonds is 1. The summed E-state index contributed by atoms with van der Waals surface area (Å²) >= 11 is 0. The molecule has 3 aromatic rings.